The smallest absolute Gasteiger partial charge is 0.261 e. The van der Waals surface area contributed by atoms with Crippen LogP contribution in [0.15, 0.2) is 53.7 Å². The van der Waals surface area contributed by atoms with Gasteiger partial charge in [-0.15, -0.1) is 0 Å². The minimum Gasteiger partial charge on any atom is -0.338 e. The van der Waals surface area contributed by atoms with Crippen molar-refractivity contribution in [1.29, 1.82) is 0 Å². The van der Waals surface area contributed by atoms with Crippen LogP contribution in [0, 0.1) is 6.57 Å². The monoisotopic (exact) mass is 414 g/mol. The number of rotatable bonds is 5. The van der Waals surface area contributed by atoms with Crippen LogP contribution in [0.3, 0.4) is 0 Å². The fraction of sp³-hybridized carbons (Fsp3) is 0.318. The van der Waals surface area contributed by atoms with Crippen molar-refractivity contribution in [1.82, 2.24) is 29.8 Å². The number of benzene rings is 1. The van der Waals surface area contributed by atoms with E-state index in [1.165, 1.54) is 0 Å². The highest BCUT2D eigenvalue weighted by molar-refractivity contribution is 5.91. The van der Waals surface area contributed by atoms with E-state index in [4.69, 9.17) is 11.7 Å². The van der Waals surface area contributed by atoms with Gasteiger partial charge in [-0.2, -0.15) is 20.1 Å². The quantitative estimate of drug-likeness (QED) is 0.487. The number of H-pyrrole nitrogens is 1. The summed E-state index contributed by atoms with van der Waals surface area (Å²) in [5.74, 6) is 0.507. The lowest BCUT2D eigenvalue weighted by molar-refractivity contribution is 0.321. The first-order chi connectivity index (χ1) is 15.2. The highest BCUT2D eigenvalue weighted by Gasteiger charge is 2.33. The van der Waals surface area contributed by atoms with E-state index in [-0.39, 0.29) is 17.6 Å². The third kappa shape index (κ3) is 3.68. The molecule has 31 heavy (non-hydrogen) atoms. The molecule has 0 bridgehead atoms. The molecule has 156 valence electrons. The van der Waals surface area contributed by atoms with Crippen LogP contribution in [-0.2, 0) is 6.54 Å². The maximum Gasteiger partial charge on any atom is 0.261 e. The standard InChI is InChI=1S/C22H22N8O/c1-23-17-4-2-3-5-18(17)30-19-10-11-24-22(31)20(19)21(28-30)27-16-8-6-15(7-9-16)14-29-25-12-13-26-29/h6-13,17-18H,2-5,14H2,(H,24,31)(H,27,28)/t17-,18-/m0/s1. The molecule has 1 aromatic carbocycles. The van der Waals surface area contributed by atoms with E-state index in [1.54, 1.807) is 23.4 Å². The molecule has 0 spiro atoms. The summed E-state index contributed by atoms with van der Waals surface area (Å²) in [5.41, 5.74) is 2.46. The molecule has 1 aliphatic rings. The van der Waals surface area contributed by atoms with Crippen molar-refractivity contribution in [3.05, 3.63) is 76.3 Å². The normalized spacial score (nSPS) is 18.7. The van der Waals surface area contributed by atoms with E-state index in [0.717, 1.165) is 42.5 Å². The van der Waals surface area contributed by atoms with Crippen LogP contribution in [0.5, 0.6) is 0 Å². The first-order valence-corrected chi connectivity index (χ1v) is 10.4. The highest BCUT2D eigenvalue weighted by Crippen LogP contribution is 2.34. The average Bonchev–Trinajstić information content (AvgIpc) is 3.44. The van der Waals surface area contributed by atoms with E-state index < -0.39 is 0 Å². The molecule has 3 heterocycles. The number of hydrogen-bond acceptors (Lipinski definition) is 5. The predicted octanol–water partition coefficient (Wildman–Crippen LogP) is 3.51. The largest absolute Gasteiger partial charge is 0.338 e. The lowest BCUT2D eigenvalue weighted by Crippen LogP contribution is -2.26. The number of pyridine rings is 1. The van der Waals surface area contributed by atoms with Gasteiger partial charge in [0.2, 0.25) is 6.04 Å². The Labute approximate surface area is 178 Å². The van der Waals surface area contributed by atoms with E-state index >= 15 is 0 Å². The molecule has 0 amide bonds. The summed E-state index contributed by atoms with van der Waals surface area (Å²) < 4.78 is 1.88. The summed E-state index contributed by atoms with van der Waals surface area (Å²) in [4.78, 5) is 20.9. The highest BCUT2D eigenvalue weighted by atomic mass is 16.1. The maximum absolute atomic E-state index is 12.6. The fourth-order valence-electron chi connectivity index (χ4n) is 4.29. The molecule has 1 aliphatic carbocycles. The van der Waals surface area contributed by atoms with Crippen LogP contribution in [0.2, 0.25) is 0 Å². The number of aromatic amines is 1. The summed E-state index contributed by atoms with van der Waals surface area (Å²) in [6, 6.07) is 9.61. The van der Waals surface area contributed by atoms with E-state index in [2.05, 4.69) is 25.3 Å². The van der Waals surface area contributed by atoms with Crippen LogP contribution >= 0.6 is 0 Å². The van der Waals surface area contributed by atoms with Gasteiger partial charge in [-0.3, -0.25) is 9.48 Å². The summed E-state index contributed by atoms with van der Waals surface area (Å²) in [5, 5.41) is 16.8. The topological polar surface area (TPSA) is 97.8 Å². The fourth-order valence-corrected chi connectivity index (χ4v) is 4.29. The lowest BCUT2D eigenvalue weighted by Gasteiger charge is -2.24. The van der Waals surface area contributed by atoms with Crippen molar-refractivity contribution in [3.63, 3.8) is 0 Å². The minimum absolute atomic E-state index is 0.0185. The zero-order valence-electron chi connectivity index (χ0n) is 16.9. The number of nitrogens with zero attached hydrogens (tertiary/aromatic N) is 6. The molecule has 0 radical (unpaired) electrons. The predicted molar refractivity (Wildman–Crippen MR) is 117 cm³/mol. The average molecular weight is 414 g/mol. The van der Waals surface area contributed by atoms with E-state index in [9.17, 15) is 4.79 Å². The molecule has 1 fully saturated rings. The first-order valence-electron chi connectivity index (χ1n) is 10.4. The summed E-state index contributed by atoms with van der Waals surface area (Å²) in [6.45, 7) is 8.18. The van der Waals surface area contributed by atoms with Crippen molar-refractivity contribution >= 4 is 22.4 Å². The van der Waals surface area contributed by atoms with Gasteiger partial charge in [-0.1, -0.05) is 18.6 Å². The zero-order chi connectivity index (χ0) is 21.2. The van der Waals surface area contributed by atoms with Gasteiger partial charge in [0.15, 0.2) is 5.82 Å². The zero-order valence-corrected chi connectivity index (χ0v) is 16.9. The maximum atomic E-state index is 12.6. The Hall–Kier alpha value is -3.93. The van der Waals surface area contributed by atoms with Gasteiger partial charge < -0.3 is 15.1 Å². The molecule has 4 aromatic rings. The van der Waals surface area contributed by atoms with Gasteiger partial charge in [-0.25, -0.2) is 6.57 Å². The van der Waals surface area contributed by atoms with Gasteiger partial charge in [-0.05, 0) is 36.6 Å². The van der Waals surface area contributed by atoms with Gasteiger partial charge in [0.1, 0.15) is 11.4 Å². The Morgan fingerprint density at radius 3 is 2.68 bits per heavy atom. The molecule has 9 nitrogen and oxygen atoms in total. The Morgan fingerprint density at radius 2 is 1.90 bits per heavy atom. The number of nitrogens with one attached hydrogen (secondary N) is 2. The third-order valence-corrected chi connectivity index (χ3v) is 5.81. The van der Waals surface area contributed by atoms with Gasteiger partial charge in [0.05, 0.1) is 24.5 Å². The van der Waals surface area contributed by atoms with Crippen LogP contribution in [0.4, 0.5) is 11.5 Å². The molecule has 0 saturated heterocycles. The molecule has 0 unspecified atom stereocenters. The Kier molecular flexibility index (Phi) is 4.96. The van der Waals surface area contributed by atoms with E-state index in [0.29, 0.717) is 17.7 Å². The molecule has 0 aliphatic heterocycles. The van der Waals surface area contributed by atoms with Crippen molar-refractivity contribution in [3.8, 4) is 0 Å². The minimum atomic E-state index is -0.192. The van der Waals surface area contributed by atoms with Crippen LogP contribution in [0.25, 0.3) is 15.7 Å². The summed E-state index contributed by atoms with van der Waals surface area (Å²) in [6.07, 6.45) is 8.84. The van der Waals surface area contributed by atoms with Crippen LogP contribution in [0.1, 0.15) is 37.3 Å². The molecule has 2 N–H and O–H groups in total. The van der Waals surface area contributed by atoms with Crippen molar-refractivity contribution in [2.75, 3.05) is 5.32 Å². The van der Waals surface area contributed by atoms with Crippen molar-refractivity contribution in [2.45, 2.75) is 44.3 Å². The molecule has 1 saturated carbocycles. The number of hydrogen-bond donors (Lipinski definition) is 2. The second-order valence-corrected chi connectivity index (χ2v) is 7.79. The molecular formula is C22H22N8O. The molecular weight excluding hydrogens is 392 g/mol. The lowest BCUT2D eigenvalue weighted by atomic mass is 9.91. The third-order valence-electron chi connectivity index (χ3n) is 5.81. The van der Waals surface area contributed by atoms with Gasteiger partial charge >= 0.3 is 0 Å². The Bertz CT molecular complexity index is 1280. The second-order valence-electron chi connectivity index (χ2n) is 7.79. The van der Waals surface area contributed by atoms with Gasteiger partial charge in [0, 0.05) is 18.3 Å². The van der Waals surface area contributed by atoms with E-state index in [1.807, 2.05) is 35.0 Å². The number of fused-ring (bicyclic) bond motifs is 1. The van der Waals surface area contributed by atoms with Crippen LogP contribution < -0.4 is 10.9 Å². The molecule has 9 heteroatoms. The molecule has 2 atom stereocenters. The molecule has 5 rings (SSSR count). The van der Waals surface area contributed by atoms with Crippen LogP contribution in [-0.4, -0.2) is 35.8 Å². The Balaban J connectivity index is 1.47. The molecule has 3 aromatic heterocycles. The first kappa shape index (κ1) is 19.1. The second kappa shape index (κ2) is 8.07. The summed E-state index contributed by atoms with van der Waals surface area (Å²) in [7, 11) is 0. The summed E-state index contributed by atoms with van der Waals surface area (Å²) >= 11 is 0. The number of anilines is 2. The van der Waals surface area contributed by atoms with Gasteiger partial charge in [0.25, 0.3) is 5.56 Å². The van der Waals surface area contributed by atoms with Crippen molar-refractivity contribution in [2.24, 2.45) is 0 Å². The Morgan fingerprint density at radius 1 is 1.13 bits per heavy atom. The number of aromatic nitrogens is 6. The SMILES string of the molecule is [C-]#[N+][C@H]1CCCC[C@@H]1n1nc(Nc2ccc(Cn3nccn3)cc2)c2c(=O)[nH]ccc21. The van der Waals surface area contributed by atoms with Crippen molar-refractivity contribution < 1.29 is 0 Å².